The summed E-state index contributed by atoms with van der Waals surface area (Å²) in [6, 6.07) is 17.1. The average Bonchev–Trinajstić information content (AvgIpc) is 3.43. The van der Waals surface area contributed by atoms with Crippen LogP contribution >= 0.6 is 0 Å². The lowest BCUT2D eigenvalue weighted by molar-refractivity contribution is 0.231. The van der Waals surface area contributed by atoms with Crippen molar-refractivity contribution in [3.8, 4) is 0 Å². The van der Waals surface area contributed by atoms with Gasteiger partial charge in [-0.3, -0.25) is 9.47 Å². The number of amides is 1. The van der Waals surface area contributed by atoms with Gasteiger partial charge in [0.1, 0.15) is 11.8 Å². The number of rotatable bonds is 5. The zero-order valence-electron chi connectivity index (χ0n) is 17.3. The maximum atomic E-state index is 12.8. The number of benzene rings is 2. The van der Waals surface area contributed by atoms with Gasteiger partial charge in [0.15, 0.2) is 0 Å². The van der Waals surface area contributed by atoms with Gasteiger partial charge in [0.2, 0.25) is 0 Å². The van der Waals surface area contributed by atoms with Crippen LogP contribution in [0.25, 0.3) is 11.0 Å². The predicted molar refractivity (Wildman–Crippen MR) is 120 cm³/mol. The van der Waals surface area contributed by atoms with Crippen LogP contribution in [0.1, 0.15) is 24.8 Å². The van der Waals surface area contributed by atoms with E-state index < -0.39 is 0 Å². The minimum atomic E-state index is -0.108. The Morgan fingerprint density at radius 1 is 1.07 bits per heavy atom. The number of anilines is 1. The molecule has 0 radical (unpaired) electrons. The highest BCUT2D eigenvalue weighted by molar-refractivity contribution is 5.95. The Hall–Kier alpha value is -2.86. The number of aromatic nitrogens is 2. The predicted octanol–water partition coefficient (Wildman–Crippen LogP) is 3.51. The molecule has 30 heavy (non-hydrogen) atoms. The fourth-order valence-electron chi connectivity index (χ4n) is 4.87. The molecule has 0 aliphatic carbocycles. The highest BCUT2D eigenvalue weighted by Crippen LogP contribution is 2.30. The Kier molecular flexibility index (Phi) is 5.41. The van der Waals surface area contributed by atoms with Crippen LogP contribution in [0.4, 0.5) is 10.5 Å². The van der Waals surface area contributed by atoms with Crippen molar-refractivity contribution in [3.63, 3.8) is 0 Å². The number of hydrogen-bond acceptors (Lipinski definition) is 4. The van der Waals surface area contributed by atoms with Crippen molar-refractivity contribution in [2.75, 3.05) is 37.6 Å². The molecule has 0 spiro atoms. The molecule has 3 aromatic rings. The second-order valence-corrected chi connectivity index (χ2v) is 8.36. The standard InChI is InChI=1S/C24H29N5O/c30-24(25-13-5-9-19-7-2-1-3-8-19)29-18-26-23-21(11-4-12-22(23)29)28-16-15-27-14-6-10-20(27)17-28/h1-4,7-8,11-12,18,20H,5-6,9-10,13-17H2,(H,25,30). The van der Waals surface area contributed by atoms with Gasteiger partial charge in [-0.25, -0.2) is 9.78 Å². The first-order chi connectivity index (χ1) is 14.8. The molecule has 6 nitrogen and oxygen atoms in total. The van der Waals surface area contributed by atoms with E-state index in [-0.39, 0.29) is 6.03 Å². The number of hydrogen-bond donors (Lipinski definition) is 1. The summed E-state index contributed by atoms with van der Waals surface area (Å²) in [4.78, 5) is 22.4. The number of para-hydroxylation sites is 1. The first-order valence-electron chi connectivity index (χ1n) is 11.1. The van der Waals surface area contributed by atoms with Crippen molar-refractivity contribution >= 4 is 22.8 Å². The van der Waals surface area contributed by atoms with Crippen LogP contribution in [0.3, 0.4) is 0 Å². The second-order valence-electron chi connectivity index (χ2n) is 8.36. The van der Waals surface area contributed by atoms with E-state index in [1.807, 2.05) is 18.2 Å². The fraction of sp³-hybridized carbons (Fsp3) is 0.417. The Balaban J connectivity index is 1.25. The summed E-state index contributed by atoms with van der Waals surface area (Å²) in [6.07, 6.45) is 6.13. The van der Waals surface area contributed by atoms with Crippen LogP contribution in [0.15, 0.2) is 54.9 Å². The van der Waals surface area contributed by atoms with Gasteiger partial charge in [0, 0.05) is 32.2 Å². The van der Waals surface area contributed by atoms with Crippen LogP contribution in [0.5, 0.6) is 0 Å². The van der Waals surface area contributed by atoms with Gasteiger partial charge in [-0.05, 0) is 49.9 Å². The van der Waals surface area contributed by atoms with Crippen LogP contribution in [0.2, 0.25) is 0 Å². The van der Waals surface area contributed by atoms with Crippen LogP contribution < -0.4 is 10.2 Å². The quantitative estimate of drug-likeness (QED) is 0.663. The van der Waals surface area contributed by atoms with Crippen LogP contribution in [-0.2, 0) is 6.42 Å². The third-order valence-corrected chi connectivity index (χ3v) is 6.46. The first-order valence-corrected chi connectivity index (χ1v) is 11.1. The third kappa shape index (κ3) is 3.79. The molecule has 1 amide bonds. The maximum Gasteiger partial charge on any atom is 0.327 e. The van der Waals surface area contributed by atoms with E-state index in [9.17, 15) is 4.79 Å². The van der Waals surface area contributed by atoms with Gasteiger partial charge >= 0.3 is 6.03 Å². The molecule has 1 N–H and O–H groups in total. The molecule has 0 saturated carbocycles. The summed E-state index contributed by atoms with van der Waals surface area (Å²) < 4.78 is 1.65. The minimum absolute atomic E-state index is 0.108. The number of nitrogens with zero attached hydrogens (tertiary/aromatic N) is 4. The average molecular weight is 404 g/mol. The number of carbonyl (C=O) groups is 1. The van der Waals surface area contributed by atoms with Crippen molar-refractivity contribution in [2.24, 2.45) is 0 Å². The van der Waals surface area contributed by atoms with Gasteiger partial charge in [-0.2, -0.15) is 0 Å². The largest absolute Gasteiger partial charge is 0.367 e. The summed E-state index contributed by atoms with van der Waals surface area (Å²) in [5, 5.41) is 3.04. The summed E-state index contributed by atoms with van der Waals surface area (Å²) >= 11 is 0. The lowest BCUT2D eigenvalue weighted by atomic mass is 10.1. The SMILES string of the molecule is O=C(NCCCc1ccccc1)n1cnc2c(N3CCN4CCCC4C3)cccc21. The van der Waals surface area contributed by atoms with E-state index in [0.29, 0.717) is 12.6 Å². The molecule has 3 heterocycles. The highest BCUT2D eigenvalue weighted by Gasteiger charge is 2.31. The zero-order valence-corrected chi connectivity index (χ0v) is 17.3. The number of carbonyl (C=O) groups excluding carboxylic acids is 1. The molecule has 5 rings (SSSR count). The van der Waals surface area contributed by atoms with E-state index >= 15 is 0 Å². The molecule has 1 aromatic heterocycles. The number of fused-ring (bicyclic) bond motifs is 2. The highest BCUT2D eigenvalue weighted by atomic mass is 16.2. The van der Waals surface area contributed by atoms with Crippen molar-refractivity contribution in [1.82, 2.24) is 19.8 Å². The Labute approximate surface area is 177 Å². The second kappa shape index (κ2) is 8.48. The molecule has 2 saturated heterocycles. The normalized spacial score (nSPS) is 19.2. The summed E-state index contributed by atoms with van der Waals surface area (Å²) in [7, 11) is 0. The molecular formula is C24H29N5O. The van der Waals surface area contributed by atoms with Gasteiger partial charge in [0.25, 0.3) is 0 Å². The Morgan fingerprint density at radius 2 is 1.97 bits per heavy atom. The lowest BCUT2D eigenvalue weighted by Crippen LogP contribution is -2.50. The topological polar surface area (TPSA) is 53.4 Å². The van der Waals surface area contributed by atoms with Crippen molar-refractivity contribution in [3.05, 3.63) is 60.4 Å². The minimum Gasteiger partial charge on any atom is -0.367 e. The number of imidazole rings is 1. The fourth-order valence-corrected chi connectivity index (χ4v) is 4.87. The first kappa shape index (κ1) is 19.1. The number of nitrogens with one attached hydrogen (secondary N) is 1. The molecule has 1 atom stereocenters. The van der Waals surface area contributed by atoms with E-state index in [4.69, 9.17) is 0 Å². The summed E-state index contributed by atoms with van der Waals surface area (Å²) in [5.74, 6) is 0. The molecule has 156 valence electrons. The van der Waals surface area contributed by atoms with E-state index in [1.54, 1.807) is 10.9 Å². The number of piperazine rings is 1. The molecular weight excluding hydrogens is 374 g/mol. The van der Waals surface area contributed by atoms with E-state index in [0.717, 1.165) is 49.2 Å². The van der Waals surface area contributed by atoms with Crippen LogP contribution in [0, 0.1) is 0 Å². The molecule has 2 aromatic carbocycles. The van der Waals surface area contributed by atoms with Crippen molar-refractivity contribution < 1.29 is 4.79 Å². The molecule has 2 aliphatic rings. The monoisotopic (exact) mass is 403 g/mol. The molecule has 2 fully saturated rings. The summed E-state index contributed by atoms with van der Waals surface area (Å²) in [6.45, 7) is 5.08. The zero-order chi connectivity index (χ0) is 20.3. The van der Waals surface area contributed by atoms with Crippen LogP contribution in [-0.4, -0.2) is 59.2 Å². The smallest absolute Gasteiger partial charge is 0.327 e. The molecule has 1 unspecified atom stereocenters. The van der Waals surface area contributed by atoms with Gasteiger partial charge < -0.3 is 10.2 Å². The van der Waals surface area contributed by atoms with Gasteiger partial charge in [-0.1, -0.05) is 36.4 Å². The third-order valence-electron chi connectivity index (χ3n) is 6.46. The Morgan fingerprint density at radius 3 is 2.87 bits per heavy atom. The Bertz CT molecular complexity index is 1010. The lowest BCUT2D eigenvalue weighted by Gasteiger charge is -2.38. The molecule has 2 aliphatic heterocycles. The summed E-state index contributed by atoms with van der Waals surface area (Å²) in [5.41, 5.74) is 4.24. The van der Waals surface area contributed by atoms with E-state index in [1.165, 1.54) is 24.9 Å². The number of aryl methyl sites for hydroxylation is 1. The maximum absolute atomic E-state index is 12.8. The van der Waals surface area contributed by atoms with Crippen molar-refractivity contribution in [2.45, 2.75) is 31.7 Å². The van der Waals surface area contributed by atoms with Crippen molar-refractivity contribution in [1.29, 1.82) is 0 Å². The van der Waals surface area contributed by atoms with Gasteiger partial charge in [0.05, 0.1) is 11.2 Å². The molecule has 6 heteroatoms. The van der Waals surface area contributed by atoms with Gasteiger partial charge in [-0.15, -0.1) is 0 Å². The van der Waals surface area contributed by atoms with E-state index in [2.05, 4.69) is 50.4 Å². The molecule has 0 bridgehead atoms.